The van der Waals surface area contributed by atoms with Crippen LogP contribution in [0.15, 0.2) is 48.5 Å². The van der Waals surface area contributed by atoms with Gasteiger partial charge in [-0.2, -0.15) is 0 Å². The van der Waals surface area contributed by atoms with Crippen molar-refractivity contribution in [2.75, 3.05) is 13.2 Å². The summed E-state index contributed by atoms with van der Waals surface area (Å²) in [5.41, 5.74) is 3.07. The third kappa shape index (κ3) is 30.8. The second-order valence-electron chi connectivity index (χ2n) is 24.0. The van der Waals surface area contributed by atoms with E-state index in [-0.39, 0.29) is 17.6 Å². The highest BCUT2D eigenvalue weighted by atomic mass is 31.2. The third-order valence-electron chi connectivity index (χ3n) is 17.2. The van der Waals surface area contributed by atoms with Gasteiger partial charge in [-0.05, 0) is 143 Å². The Balaban J connectivity index is 1.23. The summed E-state index contributed by atoms with van der Waals surface area (Å²) in [6.45, 7) is 15.7. The van der Waals surface area contributed by atoms with Gasteiger partial charge in [0.25, 0.3) is 0 Å². The molecule has 0 N–H and O–H groups in total. The van der Waals surface area contributed by atoms with Crippen LogP contribution in [0.5, 0.6) is 11.5 Å². The van der Waals surface area contributed by atoms with Gasteiger partial charge in [-0.15, -0.1) is 0 Å². The lowest BCUT2D eigenvalue weighted by Crippen LogP contribution is -2.38. The van der Waals surface area contributed by atoms with Crippen molar-refractivity contribution >= 4 is 17.2 Å². The Morgan fingerprint density at radius 2 is 0.613 bits per heavy atom. The van der Waals surface area contributed by atoms with Crippen molar-refractivity contribution < 1.29 is 27.1 Å². The summed E-state index contributed by atoms with van der Waals surface area (Å²) < 4.78 is 39.8. The minimum absolute atomic E-state index is 0.184. The van der Waals surface area contributed by atoms with Gasteiger partial charge in [0.05, 0.1) is 25.4 Å². The first-order valence-corrected chi connectivity index (χ1v) is 34.8. The van der Waals surface area contributed by atoms with Gasteiger partial charge in [-0.3, -0.25) is 9.05 Å². The van der Waals surface area contributed by atoms with Gasteiger partial charge in [0.15, 0.2) is 0 Å². The molecule has 0 spiro atoms. The highest BCUT2D eigenvalue weighted by Gasteiger charge is 2.42. The highest BCUT2D eigenvalue weighted by Crippen LogP contribution is 2.53. The number of hydrogen-bond donors (Lipinski definition) is 0. The van der Waals surface area contributed by atoms with Crippen LogP contribution in [0.1, 0.15) is 310 Å². The first kappa shape index (κ1) is 66.3. The predicted molar refractivity (Wildman–Crippen MR) is 325 cm³/mol. The average molecular weight is 1080 g/mol. The summed E-state index contributed by atoms with van der Waals surface area (Å²) in [6, 6.07) is 17.6. The van der Waals surface area contributed by atoms with E-state index in [1.165, 1.54) is 229 Å². The monoisotopic (exact) mass is 1080 g/mol. The molecule has 0 saturated heterocycles. The van der Waals surface area contributed by atoms with E-state index < -0.39 is 17.2 Å². The second kappa shape index (κ2) is 43.5. The molecule has 4 rings (SSSR count). The second-order valence-corrected chi connectivity index (χ2v) is 26.2. The zero-order chi connectivity index (χ0) is 53.3. The SMILES string of the molecule is CCCCCCCCCCOP(Oc1ccc(CCCCCCCCCC)cc1)OC1CCC(C(C)(C)C2CCC(OP(OCCCCCCCCCC)Oc3ccc(CCCCCCCCCC)cc3)CC2)CC1. The Morgan fingerprint density at radius 3 is 0.907 bits per heavy atom. The van der Waals surface area contributed by atoms with Crippen molar-refractivity contribution in [3.05, 3.63) is 59.7 Å². The lowest BCUT2D eigenvalue weighted by molar-refractivity contribution is 0.00601. The largest absolute Gasteiger partial charge is 0.427 e. The molecule has 2 aliphatic carbocycles. The van der Waals surface area contributed by atoms with Crippen LogP contribution in [0.25, 0.3) is 0 Å². The molecule has 0 radical (unpaired) electrons. The van der Waals surface area contributed by atoms with Gasteiger partial charge >= 0.3 is 17.2 Å². The molecule has 0 heterocycles. The summed E-state index contributed by atoms with van der Waals surface area (Å²) >= 11 is 0. The Kier molecular flexibility index (Phi) is 38.5. The van der Waals surface area contributed by atoms with Gasteiger partial charge in [0.1, 0.15) is 11.5 Å². The molecule has 2 aliphatic rings. The maximum Gasteiger partial charge on any atom is 0.397 e. The molecule has 2 unspecified atom stereocenters. The van der Waals surface area contributed by atoms with E-state index in [2.05, 4.69) is 90.1 Å². The van der Waals surface area contributed by atoms with Crippen molar-refractivity contribution in [2.45, 2.75) is 323 Å². The molecule has 0 amide bonds. The zero-order valence-corrected chi connectivity index (χ0v) is 51.7. The standard InChI is InChI=1S/C67H118O6P2/c1-7-11-15-19-23-27-31-35-39-59-41-49-63(50-42-59)70-74(68-57-37-33-29-25-21-17-13-9-3)72-65-53-45-61(46-54-65)67(5,6)62-47-55-66(56-48-62)73-75(69-58-38-34-30-26-22-18-14-10-4)71-64-51-43-60(44-52-64)40-36-32-28-24-20-16-12-8-2/h41-44,49-52,61-62,65-66H,7-40,45-48,53-58H2,1-6H3. The fraction of sp³-hybridized carbons (Fsp3) is 0.821. The molecule has 2 aromatic carbocycles. The molecule has 2 saturated carbocycles. The highest BCUT2D eigenvalue weighted by molar-refractivity contribution is 7.42. The fourth-order valence-corrected chi connectivity index (χ4v) is 14.2. The van der Waals surface area contributed by atoms with Crippen molar-refractivity contribution in [1.29, 1.82) is 0 Å². The van der Waals surface area contributed by atoms with Gasteiger partial charge in [0.2, 0.25) is 0 Å². The minimum atomic E-state index is -1.46. The molecule has 6 nitrogen and oxygen atoms in total. The maximum atomic E-state index is 6.81. The predicted octanol–water partition coefficient (Wildman–Crippen LogP) is 23.5. The number of rotatable bonds is 48. The number of benzene rings is 2. The van der Waals surface area contributed by atoms with Gasteiger partial charge in [0, 0.05) is 0 Å². The molecule has 8 heteroatoms. The van der Waals surface area contributed by atoms with E-state index in [4.69, 9.17) is 27.1 Å². The van der Waals surface area contributed by atoms with Gasteiger partial charge < -0.3 is 18.1 Å². The Morgan fingerprint density at radius 1 is 0.347 bits per heavy atom. The van der Waals surface area contributed by atoms with Crippen LogP contribution in [0, 0.1) is 17.3 Å². The Hall–Kier alpha value is -1.26. The molecular formula is C67H118O6P2. The molecule has 2 fully saturated rings. The minimum Gasteiger partial charge on any atom is -0.427 e. The van der Waals surface area contributed by atoms with E-state index in [9.17, 15) is 0 Å². The van der Waals surface area contributed by atoms with Crippen molar-refractivity contribution in [2.24, 2.45) is 17.3 Å². The molecule has 0 aliphatic heterocycles. The van der Waals surface area contributed by atoms with E-state index in [1.54, 1.807) is 0 Å². The first-order chi connectivity index (χ1) is 36.8. The normalized spacial score (nSPS) is 19.1. The molecule has 2 aromatic rings. The summed E-state index contributed by atoms with van der Waals surface area (Å²) in [5.74, 6) is 3.12. The molecular weight excluding hydrogens is 963 g/mol. The molecule has 432 valence electrons. The van der Waals surface area contributed by atoms with E-state index >= 15 is 0 Å². The summed E-state index contributed by atoms with van der Waals surface area (Å²) in [7, 11) is -2.92. The van der Waals surface area contributed by atoms with Crippen LogP contribution in [0.2, 0.25) is 0 Å². The van der Waals surface area contributed by atoms with Crippen molar-refractivity contribution in [3.63, 3.8) is 0 Å². The maximum absolute atomic E-state index is 6.81. The number of hydrogen-bond acceptors (Lipinski definition) is 6. The molecule has 75 heavy (non-hydrogen) atoms. The third-order valence-corrected chi connectivity index (χ3v) is 19.6. The van der Waals surface area contributed by atoms with Crippen LogP contribution in [-0.4, -0.2) is 25.4 Å². The molecule has 2 atom stereocenters. The van der Waals surface area contributed by atoms with E-state index in [1.807, 2.05) is 0 Å². The number of aryl methyl sites for hydroxylation is 2. The van der Waals surface area contributed by atoms with Crippen LogP contribution in [0.4, 0.5) is 0 Å². The molecule has 0 aromatic heterocycles. The van der Waals surface area contributed by atoms with Crippen LogP contribution < -0.4 is 9.05 Å². The van der Waals surface area contributed by atoms with Crippen LogP contribution >= 0.6 is 17.2 Å². The van der Waals surface area contributed by atoms with Crippen LogP contribution in [-0.2, 0) is 30.9 Å². The quantitative estimate of drug-likeness (QED) is 0.0486. The lowest BCUT2D eigenvalue weighted by Gasteiger charge is -2.46. The summed E-state index contributed by atoms with van der Waals surface area (Å²) in [6.07, 6.45) is 54.0. The van der Waals surface area contributed by atoms with Crippen LogP contribution in [0.3, 0.4) is 0 Å². The van der Waals surface area contributed by atoms with E-state index in [0.29, 0.717) is 25.0 Å². The van der Waals surface area contributed by atoms with Gasteiger partial charge in [-0.1, -0.05) is 246 Å². The summed E-state index contributed by atoms with van der Waals surface area (Å²) in [5, 5.41) is 0. The summed E-state index contributed by atoms with van der Waals surface area (Å²) in [4.78, 5) is 0. The fourth-order valence-electron chi connectivity index (χ4n) is 11.8. The number of unbranched alkanes of at least 4 members (excludes halogenated alkanes) is 28. The van der Waals surface area contributed by atoms with Crippen molar-refractivity contribution in [3.8, 4) is 11.5 Å². The molecule has 0 bridgehead atoms. The van der Waals surface area contributed by atoms with Crippen molar-refractivity contribution in [1.82, 2.24) is 0 Å². The Bertz CT molecular complexity index is 1460. The lowest BCUT2D eigenvalue weighted by atomic mass is 9.60. The Labute approximate surface area is 467 Å². The topological polar surface area (TPSA) is 55.4 Å². The zero-order valence-electron chi connectivity index (χ0n) is 49.9. The smallest absolute Gasteiger partial charge is 0.397 e. The first-order valence-electron chi connectivity index (χ1n) is 32.6. The van der Waals surface area contributed by atoms with Gasteiger partial charge in [-0.25, -0.2) is 0 Å². The van der Waals surface area contributed by atoms with E-state index in [0.717, 1.165) is 62.9 Å². The average Bonchev–Trinajstić information content (AvgIpc) is 3.42.